The van der Waals surface area contributed by atoms with E-state index < -0.39 is 0 Å². The van der Waals surface area contributed by atoms with Crippen LogP contribution < -0.4 is 9.88 Å². The second-order valence-corrected chi connectivity index (χ2v) is 5.51. The summed E-state index contributed by atoms with van der Waals surface area (Å²) in [7, 11) is 0. The number of nitrogens with zero attached hydrogens (tertiary/aromatic N) is 2. The maximum atomic E-state index is 12.1. The van der Waals surface area contributed by atoms with Gasteiger partial charge in [0.25, 0.3) is 5.91 Å². The maximum Gasteiger partial charge on any atom is 0.290 e. The number of rotatable bonds is 3. The maximum absolute atomic E-state index is 12.1. The minimum Gasteiger partial charge on any atom is -0.321 e. The number of pyridine rings is 1. The Morgan fingerprint density at radius 1 is 1.17 bits per heavy atom. The Morgan fingerprint density at radius 3 is 2.70 bits per heavy atom. The van der Waals surface area contributed by atoms with Crippen molar-refractivity contribution in [1.82, 2.24) is 0 Å². The largest absolute Gasteiger partial charge is 0.321 e. The molecule has 0 spiro atoms. The number of carbonyl (C=O) groups is 1. The van der Waals surface area contributed by atoms with Gasteiger partial charge in [0.05, 0.1) is 10.6 Å². The number of nitriles is 1. The first-order valence-corrected chi connectivity index (χ1v) is 7.41. The first-order chi connectivity index (χ1) is 11.2. The predicted octanol–water partition coefficient (Wildman–Crippen LogP) is 3.29. The van der Waals surface area contributed by atoms with E-state index in [1.807, 2.05) is 53.4 Å². The Labute approximate surface area is 138 Å². The number of aromatic nitrogens is 1. The summed E-state index contributed by atoms with van der Waals surface area (Å²) in [6.07, 6.45) is 3.80. The number of anilines is 1. The predicted molar refractivity (Wildman–Crippen MR) is 88.9 cm³/mol. The van der Waals surface area contributed by atoms with Crippen LogP contribution in [0.5, 0.6) is 0 Å². The number of amides is 1. The highest BCUT2D eigenvalue weighted by molar-refractivity contribution is 6.32. The van der Waals surface area contributed by atoms with Gasteiger partial charge in [0, 0.05) is 17.1 Å². The van der Waals surface area contributed by atoms with Crippen LogP contribution in [0.25, 0.3) is 10.8 Å². The van der Waals surface area contributed by atoms with Crippen molar-refractivity contribution in [2.24, 2.45) is 0 Å². The fourth-order valence-corrected chi connectivity index (χ4v) is 2.55. The van der Waals surface area contributed by atoms with Crippen molar-refractivity contribution < 1.29 is 9.36 Å². The van der Waals surface area contributed by atoms with E-state index in [4.69, 9.17) is 16.9 Å². The van der Waals surface area contributed by atoms with Gasteiger partial charge in [-0.2, -0.15) is 9.83 Å². The van der Waals surface area contributed by atoms with Crippen molar-refractivity contribution >= 4 is 34.0 Å². The van der Waals surface area contributed by atoms with Gasteiger partial charge in [-0.25, -0.2) is 0 Å². The minimum absolute atomic E-state index is 0.161. The summed E-state index contributed by atoms with van der Waals surface area (Å²) in [5.74, 6) is -0.161. The van der Waals surface area contributed by atoms with Gasteiger partial charge in [-0.15, -0.1) is 0 Å². The molecule has 0 aliphatic heterocycles. The van der Waals surface area contributed by atoms with Crippen LogP contribution in [0.1, 0.15) is 5.56 Å². The molecule has 4 nitrogen and oxygen atoms in total. The molecule has 0 bridgehead atoms. The molecule has 2 aromatic carbocycles. The highest BCUT2D eigenvalue weighted by Crippen LogP contribution is 2.20. The Kier molecular flexibility index (Phi) is 4.22. The lowest BCUT2D eigenvalue weighted by atomic mass is 10.2. The molecule has 3 rings (SSSR count). The zero-order chi connectivity index (χ0) is 16.2. The lowest BCUT2D eigenvalue weighted by Gasteiger charge is -2.05. The van der Waals surface area contributed by atoms with Crippen LogP contribution >= 0.6 is 11.6 Å². The van der Waals surface area contributed by atoms with Gasteiger partial charge in [0.2, 0.25) is 6.54 Å². The van der Waals surface area contributed by atoms with Gasteiger partial charge >= 0.3 is 0 Å². The summed E-state index contributed by atoms with van der Waals surface area (Å²) >= 11 is 5.96. The summed E-state index contributed by atoms with van der Waals surface area (Å²) in [6, 6.07) is 16.7. The third-order valence-electron chi connectivity index (χ3n) is 3.45. The Bertz CT molecular complexity index is 931. The average molecular weight is 323 g/mol. The van der Waals surface area contributed by atoms with Crippen molar-refractivity contribution in [1.29, 1.82) is 5.26 Å². The molecule has 0 aliphatic carbocycles. The van der Waals surface area contributed by atoms with Crippen LogP contribution in [0.3, 0.4) is 0 Å². The van der Waals surface area contributed by atoms with E-state index in [9.17, 15) is 4.79 Å². The van der Waals surface area contributed by atoms with Gasteiger partial charge < -0.3 is 5.32 Å². The van der Waals surface area contributed by atoms with Crippen molar-refractivity contribution in [2.45, 2.75) is 6.54 Å². The average Bonchev–Trinajstić information content (AvgIpc) is 2.55. The van der Waals surface area contributed by atoms with E-state index in [1.165, 1.54) is 0 Å². The van der Waals surface area contributed by atoms with Crippen molar-refractivity contribution in [3.8, 4) is 6.07 Å². The highest BCUT2D eigenvalue weighted by atomic mass is 35.5. The number of halogens is 1. The molecule has 23 heavy (non-hydrogen) atoms. The molecule has 1 amide bonds. The van der Waals surface area contributed by atoms with Gasteiger partial charge in [0.15, 0.2) is 12.4 Å². The fourth-order valence-electron chi connectivity index (χ4n) is 2.33. The van der Waals surface area contributed by atoms with Crippen molar-refractivity contribution in [3.63, 3.8) is 0 Å². The summed E-state index contributed by atoms with van der Waals surface area (Å²) in [5, 5.41) is 14.1. The van der Waals surface area contributed by atoms with E-state index >= 15 is 0 Å². The second-order valence-electron chi connectivity index (χ2n) is 5.10. The smallest absolute Gasteiger partial charge is 0.290 e. The molecular formula is C18H13ClN3O+. The number of benzene rings is 2. The first kappa shape index (κ1) is 15.0. The van der Waals surface area contributed by atoms with Gasteiger partial charge in [-0.1, -0.05) is 29.8 Å². The molecular weight excluding hydrogens is 310 g/mol. The molecule has 0 saturated heterocycles. The van der Waals surface area contributed by atoms with Gasteiger partial charge in [-0.05, 0) is 29.7 Å². The molecule has 0 radical (unpaired) electrons. The summed E-state index contributed by atoms with van der Waals surface area (Å²) < 4.78 is 1.82. The monoisotopic (exact) mass is 322 g/mol. The molecule has 0 saturated carbocycles. The van der Waals surface area contributed by atoms with Crippen LogP contribution in [-0.4, -0.2) is 5.91 Å². The molecule has 3 aromatic rings. The zero-order valence-electron chi connectivity index (χ0n) is 12.2. The molecule has 0 atom stereocenters. The Morgan fingerprint density at radius 2 is 1.96 bits per heavy atom. The molecule has 1 aromatic heterocycles. The Hall–Kier alpha value is -2.90. The molecule has 0 aliphatic rings. The minimum atomic E-state index is -0.161. The standard InChI is InChI=1S/C18H12ClN3O/c19-17-9-16(6-5-14(17)10-20)21-18(23)12-22-8-7-13-3-1-2-4-15(13)11-22/h1-9,11H,12H2/p+1. The summed E-state index contributed by atoms with van der Waals surface area (Å²) in [4.78, 5) is 12.1. The zero-order valence-corrected chi connectivity index (χ0v) is 12.9. The third-order valence-corrected chi connectivity index (χ3v) is 3.76. The van der Waals surface area contributed by atoms with E-state index in [2.05, 4.69) is 5.32 Å². The number of hydrogen-bond acceptors (Lipinski definition) is 2. The number of nitrogens with one attached hydrogen (secondary N) is 1. The van der Waals surface area contributed by atoms with Crippen LogP contribution in [0.4, 0.5) is 5.69 Å². The van der Waals surface area contributed by atoms with Crippen LogP contribution in [0.2, 0.25) is 5.02 Å². The normalized spacial score (nSPS) is 10.3. The fraction of sp³-hybridized carbons (Fsp3) is 0.0556. The van der Waals surface area contributed by atoms with Crippen molar-refractivity contribution in [2.75, 3.05) is 5.32 Å². The van der Waals surface area contributed by atoms with E-state index in [-0.39, 0.29) is 12.5 Å². The van der Waals surface area contributed by atoms with Gasteiger partial charge in [-0.3, -0.25) is 4.79 Å². The van der Waals surface area contributed by atoms with E-state index in [1.54, 1.807) is 18.2 Å². The van der Waals surface area contributed by atoms with Gasteiger partial charge in [0.1, 0.15) is 6.07 Å². The SMILES string of the molecule is N#Cc1ccc(NC(=O)C[n+]2ccc3ccccc3c2)cc1Cl. The van der Waals surface area contributed by atoms with Crippen LogP contribution in [0, 0.1) is 11.3 Å². The molecule has 5 heteroatoms. The van der Waals surface area contributed by atoms with Crippen molar-refractivity contribution in [3.05, 3.63) is 71.5 Å². The topological polar surface area (TPSA) is 56.8 Å². The van der Waals surface area contributed by atoms with E-state index in [0.717, 1.165) is 10.8 Å². The third kappa shape index (κ3) is 3.47. The number of hydrogen-bond donors (Lipinski definition) is 1. The number of fused-ring (bicyclic) bond motifs is 1. The molecule has 0 unspecified atom stereocenters. The Balaban J connectivity index is 1.73. The summed E-state index contributed by atoms with van der Waals surface area (Å²) in [6.45, 7) is 0.197. The lowest BCUT2D eigenvalue weighted by Crippen LogP contribution is -2.39. The quantitative estimate of drug-likeness (QED) is 0.752. The molecule has 1 N–H and O–H groups in total. The first-order valence-electron chi connectivity index (χ1n) is 7.03. The number of carbonyl (C=O) groups excluding carboxylic acids is 1. The lowest BCUT2D eigenvalue weighted by molar-refractivity contribution is -0.682. The van der Waals surface area contributed by atoms with Crippen LogP contribution in [-0.2, 0) is 11.3 Å². The van der Waals surface area contributed by atoms with E-state index in [0.29, 0.717) is 16.3 Å². The molecule has 1 heterocycles. The molecule has 112 valence electrons. The molecule has 0 fully saturated rings. The highest BCUT2D eigenvalue weighted by Gasteiger charge is 2.11. The van der Waals surface area contributed by atoms with Crippen LogP contribution in [0.15, 0.2) is 60.9 Å². The summed E-state index contributed by atoms with van der Waals surface area (Å²) in [5.41, 5.74) is 0.953. The second kappa shape index (κ2) is 6.47.